The first kappa shape index (κ1) is 14.8. The molecule has 2 aromatic rings. The van der Waals surface area contributed by atoms with E-state index >= 15 is 0 Å². The van der Waals surface area contributed by atoms with Gasteiger partial charge in [-0.3, -0.25) is 0 Å². The summed E-state index contributed by atoms with van der Waals surface area (Å²) in [5.74, 6) is 1.18. The van der Waals surface area contributed by atoms with E-state index in [1.54, 1.807) is 6.20 Å². The highest BCUT2D eigenvalue weighted by molar-refractivity contribution is 6.31. The minimum atomic E-state index is 0.440. The monoisotopic (exact) mass is 290 g/mol. The normalized spacial score (nSPS) is 10.6. The van der Waals surface area contributed by atoms with Gasteiger partial charge in [-0.25, -0.2) is 4.98 Å². The van der Waals surface area contributed by atoms with E-state index in [1.165, 1.54) is 5.56 Å². The molecule has 0 fully saturated rings. The first-order valence-corrected chi connectivity index (χ1v) is 7.16. The summed E-state index contributed by atoms with van der Waals surface area (Å²) >= 11 is 6.21. The molecule has 0 aliphatic heterocycles. The summed E-state index contributed by atoms with van der Waals surface area (Å²) in [5, 5.41) is 3.84. The number of pyridine rings is 1. The lowest BCUT2D eigenvalue weighted by molar-refractivity contribution is 0.462. The van der Waals surface area contributed by atoms with Crippen LogP contribution in [0.25, 0.3) is 0 Å². The Bertz CT molecular complexity index is 555. The van der Waals surface area contributed by atoms with Crippen molar-refractivity contribution in [3.8, 4) is 11.6 Å². The van der Waals surface area contributed by atoms with E-state index in [-0.39, 0.29) is 0 Å². The molecule has 106 valence electrons. The summed E-state index contributed by atoms with van der Waals surface area (Å²) in [6.45, 7) is 5.93. The first-order chi connectivity index (χ1) is 9.69. The third-order valence-electron chi connectivity index (χ3n) is 2.86. The van der Waals surface area contributed by atoms with Crippen molar-refractivity contribution < 1.29 is 4.74 Å². The fourth-order valence-corrected chi connectivity index (χ4v) is 1.99. The number of benzene rings is 1. The van der Waals surface area contributed by atoms with Crippen LogP contribution in [0.3, 0.4) is 0 Å². The van der Waals surface area contributed by atoms with E-state index in [1.807, 2.05) is 37.3 Å². The van der Waals surface area contributed by atoms with Crippen LogP contribution in [0.5, 0.6) is 11.6 Å². The van der Waals surface area contributed by atoms with E-state index in [4.69, 9.17) is 16.3 Å². The number of ether oxygens (including phenoxy) is 1. The highest BCUT2D eigenvalue weighted by Gasteiger charge is 2.06. The van der Waals surface area contributed by atoms with Gasteiger partial charge in [-0.05, 0) is 43.7 Å². The van der Waals surface area contributed by atoms with E-state index in [0.29, 0.717) is 10.9 Å². The maximum atomic E-state index is 6.21. The van der Waals surface area contributed by atoms with E-state index in [0.717, 1.165) is 30.8 Å². The molecule has 2 rings (SSSR count). The van der Waals surface area contributed by atoms with Crippen LogP contribution in [0, 0.1) is 6.92 Å². The van der Waals surface area contributed by atoms with Crippen LogP contribution in [0.15, 0.2) is 36.5 Å². The average molecular weight is 291 g/mol. The number of nitrogens with zero attached hydrogens (tertiary/aromatic N) is 1. The molecule has 1 N–H and O–H groups in total. The molecule has 4 heteroatoms. The molecular formula is C16H19ClN2O. The van der Waals surface area contributed by atoms with Crippen molar-refractivity contribution in [2.75, 3.05) is 6.54 Å². The Kier molecular flexibility index (Phi) is 5.39. The Morgan fingerprint density at radius 3 is 2.65 bits per heavy atom. The van der Waals surface area contributed by atoms with Gasteiger partial charge in [0.25, 0.3) is 0 Å². The Morgan fingerprint density at radius 1 is 1.25 bits per heavy atom. The molecular weight excluding hydrogens is 272 g/mol. The fraction of sp³-hybridized carbons (Fsp3) is 0.312. The maximum absolute atomic E-state index is 6.21. The minimum Gasteiger partial charge on any atom is -0.438 e. The lowest BCUT2D eigenvalue weighted by Crippen LogP contribution is -2.13. The molecule has 0 amide bonds. The highest BCUT2D eigenvalue weighted by Crippen LogP contribution is 2.27. The van der Waals surface area contributed by atoms with Crippen molar-refractivity contribution in [2.45, 2.75) is 26.8 Å². The molecule has 0 bridgehead atoms. The van der Waals surface area contributed by atoms with Crippen LogP contribution in [0.2, 0.25) is 5.02 Å². The molecule has 1 aromatic heterocycles. The summed E-state index contributed by atoms with van der Waals surface area (Å²) in [5.41, 5.74) is 2.24. The van der Waals surface area contributed by atoms with Crippen LogP contribution >= 0.6 is 11.6 Å². The Balaban J connectivity index is 2.03. The van der Waals surface area contributed by atoms with E-state index in [2.05, 4.69) is 17.2 Å². The second-order valence-electron chi connectivity index (χ2n) is 4.72. The summed E-state index contributed by atoms with van der Waals surface area (Å²) < 4.78 is 5.68. The molecule has 0 unspecified atom stereocenters. The van der Waals surface area contributed by atoms with Crippen LogP contribution in [0.1, 0.15) is 24.5 Å². The zero-order valence-electron chi connectivity index (χ0n) is 11.8. The molecule has 0 atom stereocenters. The van der Waals surface area contributed by atoms with Crippen molar-refractivity contribution in [3.63, 3.8) is 0 Å². The summed E-state index contributed by atoms with van der Waals surface area (Å²) in [7, 11) is 0. The van der Waals surface area contributed by atoms with Gasteiger partial charge in [-0.2, -0.15) is 0 Å². The topological polar surface area (TPSA) is 34.2 Å². The van der Waals surface area contributed by atoms with Gasteiger partial charge in [0, 0.05) is 12.7 Å². The predicted molar refractivity (Wildman–Crippen MR) is 82.5 cm³/mol. The number of hydrogen-bond donors (Lipinski definition) is 1. The van der Waals surface area contributed by atoms with Gasteiger partial charge in [0.1, 0.15) is 10.8 Å². The molecule has 0 aliphatic carbocycles. The molecule has 0 saturated heterocycles. The lowest BCUT2D eigenvalue weighted by atomic mass is 10.2. The number of hydrogen-bond acceptors (Lipinski definition) is 3. The molecule has 0 aliphatic rings. The van der Waals surface area contributed by atoms with Crippen LogP contribution in [-0.2, 0) is 6.54 Å². The van der Waals surface area contributed by atoms with Gasteiger partial charge in [-0.15, -0.1) is 0 Å². The van der Waals surface area contributed by atoms with Gasteiger partial charge in [0.15, 0.2) is 0 Å². The molecule has 3 nitrogen and oxygen atoms in total. The van der Waals surface area contributed by atoms with Crippen LogP contribution in [0.4, 0.5) is 0 Å². The summed E-state index contributed by atoms with van der Waals surface area (Å²) in [4.78, 5) is 4.28. The van der Waals surface area contributed by atoms with Gasteiger partial charge >= 0.3 is 0 Å². The average Bonchev–Trinajstić information content (AvgIpc) is 2.44. The van der Waals surface area contributed by atoms with Crippen molar-refractivity contribution in [1.29, 1.82) is 0 Å². The zero-order chi connectivity index (χ0) is 14.4. The first-order valence-electron chi connectivity index (χ1n) is 6.78. The SMILES string of the molecule is CCCNCc1cnc(Oc2ccc(C)cc2)c(Cl)c1. The predicted octanol–water partition coefficient (Wildman–Crippen LogP) is 4.34. The Labute approximate surface area is 124 Å². The fourth-order valence-electron chi connectivity index (χ4n) is 1.76. The van der Waals surface area contributed by atoms with Gasteiger partial charge in [0.2, 0.25) is 5.88 Å². The van der Waals surface area contributed by atoms with Crippen molar-refractivity contribution in [1.82, 2.24) is 10.3 Å². The van der Waals surface area contributed by atoms with Crippen LogP contribution in [-0.4, -0.2) is 11.5 Å². The number of aromatic nitrogens is 1. The second kappa shape index (κ2) is 7.27. The maximum Gasteiger partial charge on any atom is 0.238 e. The second-order valence-corrected chi connectivity index (χ2v) is 5.13. The van der Waals surface area contributed by atoms with Crippen molar-refractivity contribution in [3.05, 3.63) is 52.7 Å². The smallest absolute Gasteiger partial charge is 0.238 e. The third-order valence-corrected chi connectivity index (χ3v) is 3.13. The molecule has 20 heavy (non-hydrogen) atoms. The Morgan fingerprint density at radius 2 is 2.00 bits per heavy atom. The highest BCUT2D eigenvalue weighted by atomic mass is 35.5. The van der Waals surface area contributed by atoms with Gasteiger partial charge < -0.3 is 10.1 Å². The molecule has 0 radical (unpaired) electrons. The van der Waals surface area contributed by atoms with E-state index < -0.39 is 0 Å². The molecule has 1 heterocycles. The molecule has 1 aromatic carbocycles. The number of halogens is 1. The lowest BCUT2D eigenvalue weighted by Gasteiger charge is -2.09. The standard InChI is InChI=1S/C16H19ClN2O/c1-3-8-18-10-13-9-15(17)16(19-11-13)20-14-6-4-12(2)5-7-14/h4-7,9,11,18H,3,8,10H2,1-2H3. The largest absolute Gasteiger partial charge is 0.438 e. The molecule has 0 saturated carbocycles. The Hall–Kier alpha value is -1.58. The summed E-state index contributed by atoms with van der Waals surface area (Å²) in [6, 6.07) is 9.69. The third kappa shape index (κ3) is 4.22. The minimum absolute atomic E-state index is 0.440. The number of aryl methyl sites for hydroxylation is 1. The van der Waals surface area contributed by atoms with Gasteiger partial charge in [0.05, 0.1) is 0 Å². The number of rotatable bonds is 6. The quantitative estimate of drug-likeness (QED) is 0.804. The van der Waals surface area contributed by atoms with Crippen molar-refractivity contribution >= 4 is 11.6 Å². The van der Waals surface area contributed by atoms with Crippen molar-refractivity contribution in [2.24, 2.45) is 0 Å². The zero-order valence-corrected chi connectivity index (χ0v) is 12.6. The molecule has 0 spiro atoms. The summed E-state index contributed by atoms with van der Waals surface area (Å²) in [6.07, 6.45) is 2.90. The van der Waals surface area contributed by atoms with Crippen LogP contribution < -0.4 is 10.1 Å². The van der Waals surface area contributed by atoms with Gasteiger partial charge in [-0.1, -0.05) is 36.2 Å². The van der Waals surface area contributed by atoms with E-state index in [9.17, 15) is 0 Å². The number of nitrogens with one attached hydrogen (secondary N) is 1.